The third-order valence-electron chi connectivity index (χ3n) is 3.49. The fourth-order valence-corrected chi connectivity index (χ4v) is 2.66. The molecule has 0 saturated heterocycles. The van der Waals surface area contributed by atoms with Crippen molar-refractivity contribution >= 4 is 0 Å². The van der Waals surface area contributed by atoms with Crippen LogP contribution in [0.15, 0.2) is 6.20 Å². The molecule has 2 atom stereocenters. The van der Waals surface area contributed by atoms with E-state index < -0.39 is 0 Å². The highest BCUT2D eigenvalue weighted by molar-refractivity contribution is 5.29. The van der Waals surface area contributed by atoms with Gasteiger partial charge in [-0.1, -0.05) is 27.7 Å². The number of hydrogen-bond acceptors (Lipinski definition) is 4. The fraction of sp³-hybridized carbons (Fsp3) is 0.800. The number of ether oxygens (including phenoxy) is 2. The molecule has 0 radical (unpaired) electrons. The molecule has 0 aliphatic carbocycles. The molecule has 0 aliphatic heterocycles. The van der Waals surface area contributed by atoms with Gasteiger partial charge in [0.05, 0.1) is 31.1 Å². The summed E-state index contributed by atoms with van der Waals surface area (Å²) >= 11 is 0. The fourth-order valence-electron chi connectivity index (χ4n) is 2.66. The quantitative estimate of drug-likeness (QED) is 0.835. The third-order valence-corrected chi connectivity index (χ3v) is 3.49. The largest absolute Gasteiger partial charge is 0.493 e. The highest BCUT2D eigenvalue weighted by atomic mass is 16.5. The molecule has 0 amide bonds. The summed E-state index contributed by atoms with van der Waals surface area (Å²) in [5, 5.41) is 7.93. The van der Waals surface area contributed by atoms with Crippen LogP contribution in [-0.4, -0.2) is 36.6 Å². The SMILES string of the molecule is CCNC(c1c(OC)cnn1CC)C(OC)C(C)(C)C. The Kier molecular flexibility index (Phi) is 6.02. The minimum absolute atomic E-state index is 0.00936. The van der Waals surface area contributed by atoms with E-state index >= 15 is 0 Å². The van der Waals surface area contributed by atoms with Gasteiger partial charge in [-0.05, 0) is 18.9 Å². The van der Waals surface area contributed by atoms with E-state index in [9.17, 15) is 0 Å². The normalized spacial score (nSPS) is 15.2. The Morgan fingerprint density at radius 3 is 2.35 bits per heavy atom. The van der Waals surface area contributed by atoms with Gasteiger partial charge in [-0.15, -0.1) is 0 Å². The molecule has 0 fully saturated rings. The molecule has 1 N–H and O–H groups in total. The zero-order valence-electron chi connectivity index (χ0n) is 13.9. The molecular formula is C15H29N3O2. The summed E-state index contributed by atoms with van der Waals surface area (Å²) in [5.74, 6) is 0.809. The highest BCUT2D eigenvalue weighted by Crippen LogP contribution is 2.36. The van der Waals surface area contributed by atoms with Crippen LogP contribution in [-0.2, 0) is 11.3 Å². The summed E-state index contributed by atoms with van der Waals surface area (Å²) in [4.78, 5) is 0. The van der Waals surface area contributed by atoms with Crippen LogP contribution < -0.4 is 10.1 Å². The summed E-state index contributed by atoms with van der Waals surface area (Å²) < 4.78 is 13.3. The molecule has 1 rings (SSSR count). The van der Waals surface area contributed by atoms with Crippen molar-refractivity contribution in [2.24, 2.45) is 5.41 Å². The van der Waals surface area contributed by atoms with Gasteiger partial charge in [0.15, 0.2) is 5.75 Å². The standard InChI is InChI=1S/C15H29N3O2/c1-8-16-12(14(20-7)15(3,4)5)13-11(19-6)10-17-18(13)9-2/h10,12,14,16H,8-9H2,1-7H3. The predicted molar refractivity (Wildman–Crippen MR) is 81.1 cm³/mol. The molecule has 2 unspecified atom stereocenters. The van der Waals surface area contributed by atoms with Crippen molar-refractivity contribution in [1.82, 2.24) is 15.1 Å². The van der Waals surface area contributed by atoms with Crippen molar-refractivity contribution in [2.75, 3.05) is 20.8 Å². The Balaban J connectivity index is 3.28. The first-order valence-corrected chi connectivity index (χ1v) is 7.26. The summed E-state index contributed by atoms with van der Waals surface area (Å²) in [6.45, 7) is 12.4. The molecule has 5 heteroatoms. The molecule has 1 aromatic heterocycles. The van der Waals surface area contributed by atoms with Gasteiger partial charge in [0.1, 0.15) is 0 Å². The van der Waals surface area contributed by atoms with Crippen LogP contribution in [0.2, 0.25) is 0 Å². The first-order valence-electron chi connectivity index (χ1n) is 7.26. The van der Waals surface area contributed by atoms with Gasteiger partial charge < -0.3 is 14.8 Å². The minimum atomic E-state index is 0.00936. The third kappa shape index (κ3) is 3.52. The number of rotatable bonds is 7. The molecule has 0 spiro atoms. The molecular weight excluding hydrogens is 254 g/mol. The number of methoxy groups -OCH3 is 2. The van der Waals surface area contributed by atoms with Crippen LogP contribution in [0.25, 0.3) is 0 Å². The van der Waals surface area contributed by atoms with Gasteiger partial charge in [-0.3, -0.25) is 4.68 Å². The van der Waals surface area contributed by atoms with Crippen molar-refractivity contribution < 1.29 is 9.47 Å². The van der Waals surface area contributed by atoms with Crippen molar-refractivity contribution in [3.05, 3.63) is 11.9 Å². The molecule has 0 aromatic carbocycles. The Bertz CT molecular complexity index is 388. The lowest BCUT2D eigenvalue weighted by molar-refractivity contribution is -0.0141. The van der Waals surface area contributed by atoms with E-state index in [0.717, 1.165) is 24.5 Å². The Hall–Kier alpha value is -1.07. The monoisotopic (exact) mass is 283 g/mol. The van der Waals surface area contributed by atoms with Crippen LogP contribution in [0.5, 0.6) is 5.75 Å². The van der Waals surface area contributed by atoms with Crippen molar-refractivity contribution in [1.29, 1.82) is 0 Å². The van der Waals surface area contributed by atoms with Crippen LogP contribution in [0.3, 0.4) is 0 Å². The molecule has 0 aliphatic rings. The number of nitrogens with one attached hydrogen (secondary N) is 1. The maximum Gasteiger partial charge on any atom is 0.161 e. The van der Waals surface area contributed by atoms with Crippen molar-refractivity contribution in [2.45, 2.75) is 53.3 Å². The zero-order valence-corrected chi connectivity index (χ0v) is 13.9. The van der Waals surface area contributed by atoms with E-state index in [-0.39, 0.29) is 17.6 Å². The van der Waals surface area contributed by atoms with E-state index in [1.165, 1.54) is 0 Å². The van der Waals surface area contributed by atoms with Crippen LogP contribution in [0.1, 0.15) is 46.4 Å². The highest BCUT2D eigenvalue weighted by Gasteiger charge is 2.36. The van der Waals surface area contributed by atoms with Crippen LogP contribution >= 0.6 is 0 Å². The van der Waals surface area contributed by atoms with Crippen molar-refractivity contribution in [3.63, 3.8) is 0 Å². The molecule has 0 bridgehead atoms. The van der Waals surface area contributed by atoms with Crippen molar-refractivity contribution in [3.8, 4) is 5.75 Å². The maximum atomic E-state index is 5.79. The average Bonchev–Trinajstić information content (AvgIpc) is 2.79. The lowest BCUT2D eigenvalue weighted by Gasteiger charge is -2.36. The van der Waals surface area contributed by atoms with E-state index in [0.29, 0.717) is 0 Å². The summed E-state index contributed by atoms with van der Waals surface area (Å²) in [6, 6.07) is 0.0439. The van der Waals surface area contributed by atoms with Gasteiger partial charge >= 0.3 is 0 Å². The molecule has 116 valence electrons. The Morgan fingerprint density at radius 1 is 1.30 bits per heavy atom. The van der Waals surface area contributed by atoms with Crippen LogP contribution in [0, 0.1) is 5.41 Å². The minimum Gasteiger partial charge on any atom is -0.493 e. The lowest BCUT2D eigenvalue weighted by Crippen LogP contribution is -2.42. The Morgan fingerprint density at radius 2 is 1.95 bits per heavy atom. The molecule has 5 nitrogen and oxygen atoms in total. The first kappa shape index (κ1) is 17.0. The summed E-state index contributed by atoms with van der Waals surface area (Å²) in [7, 11) is 3.45. The van der Waals surface area contributed by atoms with Gasteiger partial charge in [0, 0.05) is 13.7 Å². The smallest absolute Gasteiger partial charge is 0.161 e. The molecule has 20 heavy (non-hydrogen) atoms. The van der Waals surface area contributed by atoms with Crippen LogP contribution in [0.4, 0.5) is 0 Å². The Labute approximate surface area is 122 Å². The molecule has 1 heterocycles. The van der Waals surface area contributed by atoms with E-state index in [4.69, 9.17) is 9.47 Å². The molecule has 0 saturated carbocycles. The predicted octanol–water partition coefficient (Wildman–Crippen LogP) is 2.62. The number of aromatic nitrogens is 2. The lowest BCUT2D eigenvalue weighted by atomic mass is 9.83. The van der Waals surface area contributed by atoms with E-state index in [2.05, 4.69) is 45.0 Å². The average molecular weight is 283 g/mol. The number of nitrogens with zero attached hydrogens (tertiary/aromatic N) is 2. The summed E-state index contributed by atoms with van der Waals surface area (Å²) in [6.07, 6.45) is 1.80. The summed E-state index contributed by atoms with van der Waals surface area (Å²) in [5.41, 5.74) is 1.06. The maximum absolute atomic E-state index is 5.79. The van der Waals surface area contributed by atoms with Gasteiger partial charge in [0.25, 0.3) is 0 Å². The van der Waals surface area contributed by atoms with Gasteiger partial charge in [0.2, 0.25) is 0 Å². The number of likely N-dealkylation sites (N-methyl/N-ethyl adjacent to an activating group) is 1. The topological polar surface area (TPSA) is 48.3 Å². The number of aryl methyl sites for hydroxylation is 1. The van der Waals surface area contributed by atoms with E-state index in [1.807, 2.05) is 4.68 Å². The second kappa shape index (κ2) is 7.09. The second-order valence-electron chi connectivity index (χ2n) is 5.97. The molecule has 1 aromatic rings. The van der Waals surface area contributed by atoms with Gasteiger partial charge in [-0.2, -0.15) is 5.10 Å². The zero-order chi connectivity index (χ0) is 15.3. The van der Waals surface area contributed by atoms with E-state index in [1.54, 1.807) is 20.4 Å². The first-order chi connectivity index (χ1) is 9.40. The number of hydrogen-bond donors (Lipinski definition) is 1. The van der Waals surface area contributed by atoms with Gasteiger partial charge in [-0.25, -0.2) is 0 Å². The second-order valence-corrected chi connectivity index (χ2v) is 5.97.